The number of rotatable bonds is 1. The molecule has 0 atom stereocenters. The molecule has 1 fully saturated rings. The zero-order chi connectivity index (χ0) is 12.3. The number of aromatic nitrogens is 3. The molecule has 18 heavy (non-hydrogen) atoms. The average molecular weight is 307 g/mol. The Hall–Kier alpha value is -1.43. The van der Waals surface area contributed by atoms with Gasteiger partial charge in [-0.2, -0.15) is 0 Å². The van der Waals surface area contributed by atoms with Gasteiger partial charge in [-0.15, -0.1) is 0 Å². The first-order valence-electron chi connectivity index (χ1n) is 6.06. The Balaban J connectivity index is 1.94. The number of carbonyl (C=O) groups excluding carboxylic acids is 1. The molecular formula is C12H11BrN4O. The Morgan fingerprint density at radius 3 is 2.94 bits per heavy atom. The molecule has 5 nitrogen and oxygen atoms in total. The number of carbonyl (C=O) groups is 1. The van der Waals surface area contributed by atoms with Gasteiger partial charge in [0.05, 0.1) is 16.2 Å². The second-order valence-corrected chi connectivity index (χ2v) is 5.59. The normalized spacial score (nSPS) is 19.4. The summed E-state index contributed by atoms with van der Waals surface area (Å²) in [7, 11) is 0. The lowest BCUT2D eigenvalue weighted by atomic mass is 10.3. The predicted octanol–water partition coefficient (Wildman–Crippen LogP) is 1.81. The summed E-state index contributed by atoms with van der Waals surface area (Å²) in [5.41, 5.74) is 2.48. The lowest BCUT2D eigenvalue weighted by Crippen LogP contribution is -2.41. The van der Waals surface area contributed by atoms with Gasteiger partial charge in [0.1, 0.15) is 17.5 Å². The molecular weight excluding hydrogens is 296 g/mol. The number of hydrogen-bond acceptors (Lipinski definition) is 3. The van der Waals surface area contributed by atoms with Crippen LogP contribution >= 0.6 is 15.9 Å². The summed E-state index contributed by atoms with van der Waals surface area (Å²) in [6, 6.07) is 0.460. The van der Waals surface area contributed by atoms with Crippen LogP contribution in [0.15, 0.2) is 17.0 Å². The quantitative estimate of drug-likeness (QED) is 0.807. The van der Waals surface area contributed by atoms with Gasteiger partial charge < -0.3 is 9.47 Å². The number of hydrogen-bond donors (Lipinski definition) is 0. The topological polar surface area (TPSA) is 51.0 Å². The van der Waals surface area contributed by atoms with Gasteiger partial charge in [0.25, 0.3) is 5.91 Å². The van der Waals surface area contributed by atoms with Gasteiger partial charge in [-0.1, -0.05) is 0 Å². The van der Waals surface area contributed by atoms with Gasteiger partial charge in [0.15, 0.2) is 0 Å². The van der Waals surface area contributed by atoms with Crippen molar-refractivity contribution in [3.05, 3.63) is 22.7 Å². The van der Waals surface area contributed by atoms with Crippen LogP contribution < -0.4 is 0 Å². The van der Waals surface area contributed by atoms with Gasteiger partial charge in [0, 0.05) is 19.1 Å². The Bertz CT molecular complexity index is 661. The molecule has 4 rings (SSSR count). The second-order valence-electron chi connectivity index (χ2n) is 4.80. The number of halogens is 1. The summed E-state index contributed by atoms with van der Waals surface area (Å²) in [6.07, 6.45) is 5.58. The summed E-state index contributed by atoms with van der Waals surface area (Å²) >= 11 is 3.52. The fourth-order valence-corrected chi connectivity index (χ4v) is 3.35. The van der Waals surface area contributed by atoms with Crippen LogP contribution in [0, 0.1) is 0 Å². The maximum Gasteiger partial charge on any atom is 0.272 e. The molecule has 3 heterocycles. The molecule has 0 radical (unpaired) electrons. The second kappa shape index (κ2) is 3.54. The maximum atomic E-state index is 12.5. The van der Waals surface area contributed by atoms with Gasteiger partial charge in [-0.25, -0.2) is 9.97 Å². The molecule has 92 valence electrons. The van der Waals surface area contributed by atoms with Crippen LogP contribution in [0.3, 0.4) is 0 Å². The molecule has 2 aromatic rings. The Morgan fingerprint density at radius 1 is 1.33 bits per heavy atom. The zero-order valence-corrected chi connectivity index (χ0v) is 11.2. The lowest BCUT2D eigenvalue weighted by Gasteiger charge is -2.28. The Kier molecular flexibility index (Phi) is 2.06. The molecule has 0 unspecified atom stereocenters. The smallest absolute Gasteiger partial charge is 0.272 e. The van der Waals surface area contributed by atoms with Gasteiger partial charge in [-0.3, -0.25) is 4.79 Å². The van der Waals surface area contributed by atoms with Crippen LogP contribution in [0.5, 0.6) is 0 Å². The lowest BCUT2D eigenvalue weighted by molar-refractivity contribution is 0.0691. The van der Waals surface area contributed by atoms with E-state index >= 15 is 0 Å². The highest BCUT2D eigenvalue weighted by Gasteiger charge is 2.38. The molecule has 0 bridgehead atoms. The van der Waals surface area contributed by atoms with E-state index in [2.05, 4.69) is 25.9 Å². The van der Waals surface area contributed by atoms with Crippen LogP contribution in [-0.4, -0.2) is 37.9 Å². The van der Waals surface area contributed by atoms with E-state index in [1.807, 2.05) is 9.47 Å². The number of amides is 1. The molecule has 1 amide bonds. The largest absolute Gasteiger partial charge is 0.333 e. The fourth-order valence-electron chi connectivity index (χ4n) is 2.66. The van der Waals surface area contributed by atoms with Crippen LogP contribution in [0.4, 0.5) is 0 Å². The highest BCUT2D eigenvalue weighted by molar-refractivity contribution is 9.10. The maximum absolute atomic E-state index is 12.5. The van der Waals surface area contributed by atoms with Crippen molar-refractivity contribution in [1.82, 2.24) is 19.4 Å². The van der Waals surface area contributed by atoms with Gasteiger partial charge >= 0.3 is 0 Å². The first-order chi connectivity index (χ1) is 8.77. The van der Waals surface area contributed by atoms with E-state index in [4.69, 9.17) is 0 Å². The van der Waals surface area contributed by atoms with E-state index in [0.717, 1.165) is 47.1 Å². The van der Waals surface area contributed by atoms with Crippen molar-refractivity contribution in [3.63, 3.8) is 0 Å². The SMILES string of the molecule is O=C1c2c(Br)c3ncncc3n2CCN1C1CC1. The summed E-state index contributed by atoms with van der Waals surface area (Å²) < 4.78 is 2.83. The Morgan fingerprint density at radius 2 is 2.17 bits per heavy atom. The predicted molar refractivity (Wildman–Crippen MR) is 69.3 cm³/mol. The summed E-state index contributed by atoms with van der Waals surface area (Å²) in [5.74, 6) is 0.119. The van der Waals surface area contributed by atoms with Crippen molar-refractivity contribution < 1.29 is 4.79 Å². The third kappa shape index (κ3) is 1.29. The van der Waals surface area contributed by atoms with Crippen LogP contribution in [-0.2, 0) is 6.54 Å². The van der Waals surface area contributed by atoms with E-state index in [9.17, 15) is 4.79 Å². The molecule has 1 aliphatic heterocycles. The first kappa shape index (κ1) is 10.5. The van der Waals surface area contributed by atoms with E-state index in [0.29, 0.717) is 6.04 Å². The number of nitrogens with zero attached hydrogens (tertiary/aromatic N) is 4. The summed E-state index contributed by atoms with van der Waals surface area (Å²) in [6.45, 7) is 1.62. The van der Waals surface area contributed by atoms with Crippen molar-refractivity contribution in [2.75, 3.05) is 6.54 Å². The van der Waals surface area contributed by atoms with E-state index in [-0.39, 0.29) is 5.91 Å². The summed E-state index contributed by atoms with van der Waals surface area (Å²) in [4.78, 5) is 22.8. The average Bonchev–Trinajstić information content (AvgIpc) is 3.18. The van der Waals surface area contributed by atoms with Crippen LogP contribution in [0.25, 0.3) is 11.0 Å². The van der Waals surface area contributed by atoms with Crippen molar-refractivity contribution in [3.8, 4) is 0 Å². The third-order valence-electron chi connectivity index (χ3n) is 3.69. The van der Waals surface area contributed by atoms with Gasteiger partial charge in [-0.05, 0) is 28.8 Å². The molecule has 2 aliphatic rings. The van der Waals surface area contributed by atoms with Crippen LogP contribution in [0.1, 0.15) is 23.3 Å². The van der Waals surface area contributed by atoms with E-state index in [1.54, 1.807) is 6.20 Å². The fraction of sp³-hybridized carbons (Fsp3) is 0.417. The van der Waals surface area contributed by atoms with Crippen molar-refractivity contribution in [1.29, 1.82) is 0 Å². The van der Waals surface area contributed by atoms with Crippen molar-refractivity contribution >= 4 is 32.9 Å². The molecule has 6 heteroatoms. The highest BCUT2D eigenvalue weighted by atomic mass is 79.9. The standard InChI is InChI=1S/C12H11BrN4O/c13-9-10-8(5-14-6-15-10)17-4-3-16(7-1-2-7)12(18)11(9)17/h5-7H,1-4H2. The van der Waals surface area contributed by atoms with E-state index in [1.165, 1.54) is 6.33 Å². The van der Waals surface area contributed by atoms with Crippen molar-refractivity contribution in [2.45, 2.75) is 25.4 Å². The minimum absolute atomic E-state index is 0.119. The number of fused-ring (bicyclic) bond motifs is 3. The summed E-state index contributed by atoms with van der Waals surface area (Å²) in [5, 5.41) is 0. The molecule has 0 aromatic carbocycles. The van der Waals surface area contributed by atoms with Crippen molar-refractivity contribution in [2.24, 2.45) is 0 Å². The molecule has 2 aromatic heterocycles. The van der Waals surface area contributed by atoms with Gasteiger partial charge in [0.2, 0.25) is 0 Å². The first-order valence-corrected chi connectivity index (χ1v) is 6.85. The minimum Gasteiger partial charge on any atom is -0.333 e. The third-order valence-corrected chi connectivity index (χ3v) is 4.44. The molecule has 0 N–H and O–H groups in total. The van der Waals surface area contributed by atoms with E-state index < -0.39 is 0 Å². The minimum atomic E-state index is 0.119. The molecule has 0 spiro atoms. The monoisotopic (exact) mass is 306 g/mol. The molecule has 1 aliphatic carbocycles. The molecule has 1 saturated carbocycles. The zero-order valence-electron chi connectivity index (χ0n) is 9.64. The molecule has 0 saturated heterocycles. The van der Waals surface area contributed by atoms with Crippen LogP contribution in [0.2, 0.25) is 0 Å². The Labute approximate surface area is 112 Å². The highest BCUT2D eigenvalue weighted by Crippen LogP contribution is 2.36.